The highest BCUT2D eigenvalue weighted by atomic mass is 35.5. The molecule has 1 aliphatic rings. The van der Waals surface area contributed by atoms with Crippen LogP contribution in [0.2, 0.25) is 25.1 Å². The fourth-order valence-corrected chi connectivity index (χ4v) is 5.64. The lowest BCUT2D eigenvalue weighted by atomic mass is 9.84. The topological polar surface area (TPSA) is 0 Å². The van der Waals surface area contributed by atoms with Crippen molar-refractivity contribution >= 4 is 58.0 Å². The number of hydrogen-bond acceptors (Lipinski definition) is 0. The van der Waals surface area contributed by atoms with E-state index in [1.807, 2.05) is 32.0 Å². The summed E-state index contributed by atoms with van der Waals surface area (Å²) in [5, 5.41) is 2.70. The molecule has 5 aromatic carbocycles. The Bertz CT molecular complexity index is 1610. The minimum Gasteiger partial charge on any atom is -0.207 e. The Hall–Kier alpha value is -2.59. The van der Waals surface area contributed by atoms with Crippen molar-refractivity contribution < 1.29 is 8.78 Å². The molecule has 0 radical (unpaired) electrons. The summed E-state index contributed by atoms with van der Waals surface area (Å²) in [5.41, 5.74) is 8.13. The smallest absolute Gasteiger partial charge is 0.129 e. The second-order valence-electron chi connectivity index (χ2n) is 12.2. The van der Waals surface area contributed by atoms with E-state index in [-0.39, 0.29) is 0 Å². The van der Waals surface area contributed by atoms with Crippen LogP contribution in [-0.4, -0.2) is 0 Å². The monoisotopic (exact) mass is 762 g/mol. The summed E-state index contributed by atoms with van der Waals surface area (Å²) in [4.78, 5) is 0. The van der Waals surface area contributed by atoms with Gasteiger partial charge in [0.25, 0.3) is 0 Å². The average molecular weight is 765 g/mol. The highest BCUT2D eigenvalue weighted by molar-refractivity contribution is 6.48. The molecule has 1 fully saturated rings. The quantitative estimate of drug-likeness (QED) is 0.149. The first-order valence-corrected chi connectivity index (χ1v) is 18.1. The van der Waals surface area contributed by atoms with Crippen LogP contribution in [0.25, 0.3) is 0 Å². The van der Waals surface area contributed by atoms with Crippen LogP contribution in [0.1, 0.15) is 77.0 Å². The fourth-order valence-electron chi connectivity index (χ4n) is 4.70. The van der Waals surface area contributed by atoms with Gasteiger partial charge in [-0.2, -0.15) is 0 Å². The van der Waals surface area contributed by atoms with E-state index in [0.717, 1.165) is 23.1 Å². The van der Waals surface area contributed by atoms with E-state index in [1.165, 1.54) is 60.9 Å². The van der Waals surface area contributed by atoms with E-state index in [1.54, 1.807) is 24.6 Å². The predicted octanol–water partition coefficient (Wildman–Crippen LogP) is 15.9. The van der Waals surface area contributed by atoms with Crippen LogP contribution in [-0.2, 0) is 0 Å². The number of benzene rings is 5. The highest BCUT2D eigenvalue weighted by Gasteiger charge is 2.14. The Morgan fingerprint density at radius 2 is 0.918 bits per heavy atom. The van der Waals surface area contributed by atoms with Crippen LogP contribution >= 0.6 is 58.0 Å². The first-order valence-electron chi connectivity index (χ1n) is 16.2. The fraction of sp³-hybridized carbons (Fsp3) is 0.286. The third-order valence-corrected chi connectivity index (χ3v) is 9.94. The number of aryl methyl sites for hydroxylation is 6. The zero-order valence-corrected chi connectivity index (χ0v) is 32.8. The second-order valence-corrected chi connectivity index (χ2v) is 14.2. The maximum atomic E-state index is 12.3. The number of rotatable bonds is 1. The predicted molar refractivity (Wildman–Crippen MR) is 211 cm³/mol. The molecule has 0 N–H and O–H groups in total. The molecule has 7 heteroatoms. The molecule has 1 saturated carbocycles. The van der Waals surface area contributed by atoms with E-state index in [2.05, 4.69) is 69.3 Å². The van der Waals surface area contributed by atoms with Crippen molar-refractivity contribution in [3.05, 3.63) is 173 Å². The molecular weight excluding hydrogens is 720 g/mol. The van der Waals surface area contributed by atoms with Gasteiger partial charge in [-0.05, 0) is 107 Å². The summed E-state index contributed by atoms with van der Waals surface area (Å²) < 4.78 is 24.4. The van der Waals surface area contributed by atoms with Gasteiger partial charge in [0.05, 0.1) is 25.1 Å². The number of halogens is 7. The van der Waals surface area contributed by atoms with Crippen LogP contribution in [0.3, 0.4) is 0 Å². The summed E-state index contributed by atoms with van der Waals surface area (Å²) in [6.45, 7) is 11.8. The Morgan fingerprint density at radius 3 is 1.37 bits per heavy atom. The molecular formula is C42H45Cl5F2. The summed E-state index contributed by atoms with van der Waals surface area (Å²) >= 11 is 28.5. The van der Waals surface area contributed by atoms with Gasteiger partial charge in [0.15, 0.2) is 0 Å². The Balaban J connectivity index is 0.000000215. The Kier molecular flexibility index (Phi) is 19.4. The van der Waals surface area contributed by atoms with Gasteiger partial charge in [0, 0.05) is 6.07 Å². The van der Waals surface area contributed by atoms with Crippen LogP contribution in [0.15, 0.2) is 97.1 Å². The molecule has 0 amide bonds. The first kappa shape index (κ1) is 42.6. The largest absolute Gasteiger partial charge is 0.207 e. The minimum atomic E-state index is -0.530. The standard InChI is InChI=1S/C13H18.C8H10.C7H5Cl3.C7H6Cl2.C7H6F2/c1-11-7-9-13(10-8-11)12-5-3-2-4-6-12;1-7-3-5-8(2)6-4-7;1-4-2-3-5(8)7(10)6(4)9;1-5-2-3-6(8)7(9)4-5;1-5-2-3-6(8)4-7(5)9/h7-10,12H,2-6H2,1H3;3-6H,1-2H3;2-3H,1H3;2*2-4H,1H3. The van der Waals surface area contributed by atoms with Crippen molar-refractivity contribution in [3.63, 3.8) is 0 Å². The molecule has 0 nitrogen and oxygen atoms in total. The maximum Gasteiger partial charge on any atom is 0.129 e. The van der Waals surface area contributed by atoms with Gasteiger partial charge in [-0.25, -0.2) is 8.78 Å². The van der Waals surface area contributed by atoms with E-state index >= 15 is 0 Å². The molecule has 0 heterocycles. The van der Waals surface area contributed by atoms with Gasteiger partial charge in [-0.15, -0.1) is 0 Å². The van der Waals surface area contributed by atoms with Crippen LogP contribution in [0.4, 0.5) is 8.78 Å². The third kappa shape index (κ3) is 16.3. The first-order chi connectivity index (χ1) is 23.2. The average Bonchev–Trinajstić information content (AvgIpc) is 3.09. The van der Waals surface area contributed by atoms with Gasteiger partial charge in [0.1, 0.15) is 11.6 Å². The van der Waals surface area contributed by atoms with Gasteiger partial charge in [-0.3, -0.25) is 0 Å². The summed E-state index contributed by atoms with van der Waals surface area (Å²) in [6, 6.07) is 30.2. The third-order valence-electron chi connectivity index (χ3n) is 7.81. The maximum absolute atomic E-state index is 12.3. The summed E-state index contributed by atoms with van der Waals surface area (Å²) in [6.07, 6.45) is 7.12. The van der Waals surface area contributed by atoms with Crippen molar-refractivity contribution in [2.45, 2.75) is 79.6 Å². The van der Waals surface area contributed by atoms with Crippen LogP contribution < -0.4 is 0 Å². The second kappa shape index (κ2) is 22.3. The molecule has 0 bridgehead atoms. The summed E-state index contributed by atoms with van der Waals surface area (Å²) in [7, 11) is 0. The molecule has 0 unspecified atom stereocenters. The molecule has 6 rings (SSSR count). The summed E-state index contributed by atoms with van der Waals surface area (Å²) in [5.74, 6) is -0.164. The SMILES string of the molecule is Cc1ccc(C)cc1.Cc1ccc(C2CCCCC2)cc1.Cc1ccc(Cl)c(Cl)c1.Cc1ccc(Cl)c(Cl)c1Cl.Cc1ccc(F)cc1F. The molecule has 0 spiro atoms. The molecule has 262 valence electrons. The van der Waals surface area contributed by atoms with E-state index in [4.69, 9.17) is 58.0 Å². The van der Waals surface area contributed by atoms with Crippen molar-refractivity contribution in [1.29, 1.82) is 0 Å². The Labute approximate surface area is 317 Å². The lowest BCUT2D eigenvalue weighted by molar-refractivity contribution is 0.443. The van der Waals surface area contributed by atoms with Gasteiger partial charge in [-0.1, -0.05) is 161 Å². The Morgan fingerprint density at radius 1 is 0.449 bits per heavy atom. The molecule has 0 saturated heterocycles. The van der Waals surface area contributed by atoms with Crippen LogP contribution in [0.5, 0.6) is 0 Å². The molecule has 5 aromatic rings. The van der Waals surface area contributed by atoms with Crippen molar-refractivity contribution in [3.8, 4) is 0 Å². The number of hydrogen-bond donors (Lipinski definition) is 0. The lowest BCUT2D eigenvalue weighted by Gasteiger charge is -2.21. The van der Waals surface area contributed by atoms with Gasteiger partial charge in [0.2, 0.25) is 0 Å². The van der Waals surface area contributed by atoms with Gasteiger partial charge < -0.3 is 0 Å². The lowest BCUT2D eigenvalue weighted by Crippen LogP contribution is -2.04. The molecule has 1 aliphatic carbocycles. The zero-order chi connectivity index (χ0) is 36.5. The normalized spacial score (nSPS) is 12.1. The van der Waals surface area contributed by atoms with Crippen LogP contribution in [0, 0.1) is 53.2 Å². The van der Waals surface area contributed by atoms with E-state index in [0.29, 0.717) is 30.7 Å². The van der Waals surface area contributed by atoms with E-state index < -0.39 is 11.6 Å². The van der Waals surface area contributed by atoms with E-state index in [9.17, 15) is 8.78 Å². The molecule has 0 atom stereocenters. The highest BCUT2D eigenvalue weighted by Crippen LogP contribution is 2.33. The van der Waals surface area contributed by atoms with Crippen molar-refractivity contribution in [1.82, 2.24) is 0 Å². The molecule has 0 aromatic heterocycles. The van der Waals surface area contributed by atoms with Crippen molar-refractivity contribution in [2.24, 2.45) is 0 Å². The van der Waals surface area contributed by atoms with Gasteiger partial charge >= 0.3 is 0 Å². The minimum absolute atomic E-state index is 0.434. The van der Waals surface area contributed by atoms with Crippen molar-refractivity contribution in [2.75, 3.05) is 0 Å². The molecule has 0 aliphatic heterocycles. The molecule has 49 heavy (non-hydrogen) atoms. The zero-order valence-electron chi connectivity index (χ0n) is 29.0.